The summed E-state index contributed by atoms with van der Waals surface area (Å²) in [5.74, 6) is 5.06. The maximum atomic E-state index is 13.3. The monoisotopic (exact) mass is 276 g/mol. The number of hydrogen-bond donors (Lipinski definition) is 2. The number of halogens is 2. The fraction of sp³-hybridized carbons (Fsp3) is 0.250. The molecule has 20 heavy (non-hydrogen) atoms. The summed E-state index contributed by atoms with van der Waals surface area (Å²) < 4.78 is 26.1. The summed E-state index contributed by atoms with van der Waals surface area (Å²) in [4.78, 5) is 0. The van der Waals surface area contributed by atoms with Crippen molar-refractivity contribution in [2.24, 2.45) is 5.84 Å². The van der Waals surface area contributed by atoms with Crippen molar-refractivity contribution < 1.29 is 8.78 Å². The largest absolute Gasteiger partial charge is 0.271 e. The van der Waals surface area contributed by atoms with Crippen molar-refractivity contribution in [3.8, 4) is 0 Å². The number of aryl methyl sites for hydroxylation is 1. The number of nitrogens with two attached hydrogens (primary N) is 1. The average Bonchev–Trinajstić information content (AvgIpc) is 2.44. The smallest absolute Gasteiger partial charge is 0.123 e. The topological polar surface area (TPSA) is 38.0 Å². The summed E-state index contributed by atoms with van der Waals surface area (Å²) in [5, 5.41) is 0. The third-order valence-electron chi connectivity index (χ3n) is 3.41. The molecule has 0 saturated heterocycles. The van der Waals surface area contributed by atoms with Crippen LogP contribution < -0.4 is 11.3 Å². The third kappa shape index (κ3) is 3.85. The number of nitrogens with one attached hydrogen (secondary N) is 1. The van der Waals surface area contributed by atoms with Gasteiger partial charge in [-0.15, -0.1) is 0 Å². The highest BCUT2D eigenvalue weighted by Crippen LogP contribution is 2.15. The highest BCUT2D eigenvalue weighted by atomic mass is 19.1. The van der Waals surface area contributed by atoms with Crippen LogP contribution in [0.1, 0.15) is 16.7 Å². The molecule has 2 aromatic carbocycles. The molecule has 2 nitrogen and oxygen atoms in total. The molecule has 0 saturated carbocycles. The van der Waals surface area contributed by atoms with Gasteiger partial charge in [0.15, 0.2) is 0 Å². The van der Waals surface area contributed by atoms with Gasteiger partial charge in [-0.25, -0.2) is 8.78 Å². The third-order valence-corrected chi connectivity index (χ3v) is 3.41. The van der Waals surface area contributed by atoms with Crippen molar-refractivity contribution >= 4 is 0 Å². The summed E-state index contributed by atoms with van der Waals surface area (Å²) in [6.07, 6.45) is 1.28. The van der Waals surface area contributed by atoms with Gasteiger partial charge in [0, 0.05) is 6.04 Å². The lowest BCUT2D eigenvalue weighted by Crippen LogP contribution is -2.38. The van der Waals surface area contributed by atoms with Crippen LogP contribution in [0.4, 0.5) is 8.78 Å². The van der Waals surface area contributed by atoms with Crippen LogP contribution in [-0.2, 0) is 12.8 Å². The van der Waals surface area contributed by atoms with E-state index in [1.807, 2.05) is 6.92 Å². The molecular formula is C16H18F2N2. The molecule has 0 amide bonds. The van der Waals surface area contributed by atoms with Gasteiger partial charge < -0.3 is 0 Å². The molecule has 2 rings (SSSR count). The van der Waals surface area contributed by atoms with E-state index in [4.69, 9.17) is 5.84 Å². The minimum atomic E-state index is -0.257. The van der Waals surface area contributed by atoms with Gasteiger partial charge in [-0.1, -0.05) is 18.2 Å². The van der Waals surface area contributed by atoms with E-state index >= 15 is 0 Å². The van der Waals surface area contributed by atoms with E-state index in [2.05, 4.69) is 5.43 Å². The molecular weight excluding hydrogens is 258 g/mol. The van der Waals surface area contributed by atoms with Gasteiger partial charge in [-0.05, 0) is 60.7 Å². The first-order valence-corrected chi connectivity index (χ1v) is 6.54. The number of hydrazine groups is 1. The van der Waals surface area contributed by atoms with Gasteiger partial charge in [0.05, 0.1) is 0 Å². The minimum Gasteiger partial charge on any atom is -0.271 e. The maximum Gasteiger partial charge on any atom is 0.123 e. The Morgan fingerprint density at radius 2 is 1.65 bits per heavy atom. The van der Waals surface area contributed by atoms with Crippen LogP contribution in [0.15, 0.2) is 42.5 Å². The first kappa shape index (κ1) is 14.6. The van der Waals surface area contributed by atoms with Crippen molar-refractivity contribution in [3.05, 3.63) is 70.8 Å². The van der Waals surface area contributed by atoms with Crippen LogP contribution in [0.2, 0.25) is 0 Å². The predicted molar refractivity (Wildman–Crippen MR) is 76.1 cm³/mol. The summed E-state index contributed by atoms with van der Waals surface area (Å²) in [6.45, 7) is 1.94. The molecule has 0 spiro atoms. The highest BCUT2D eigenvalue weighted by Gasteiger charge is 2.11. The fourth-order valence-corrected chi connectivity index (χ4v) is 2.22. The van der Waals surface area contributed by atoms with Crippen LogP contribution in [0.3, 0.4) is 0 Å². The van der Waals surface area contributed by atoms with E-state index in [9.17, 15) is 8.78 Å². The van der Waals surface area contributed by atoms with Crippen molar-refractivity contribution in [1.29, 1.82) is 0 Å². The molecule has 0 aliphatic heterocycles. The summed E-state index contributed by atoms with van der Waals surface area (Å²) in [7, 11) is 0. The number of rotatable bonds is 5. The molecule has 4 heteroatoms. The Bertz CT molecular complexity index is 567. The fourth-order valence-electron chi connectivity index (χ4n) is 2.22. The molecule has 0 fully saturated rings. The van der Waals surface area contributed by atoms with Crippen molar-refractivity contribution in [2.75, 3.05) is 0 Å². The second-order valence-corrected chi connectivity index (χ2v) is 4.97. The van der Waals surface area contributed by atoms with E-state index in [1.165, 1.54) is 24.3 Å². The molecule has 3 N–H and O–H groups in total. The second-order valence-electron chi connectivity index (χ2n) is 4.97. The zero-order valence-corrected chi connectivity index (χ0v) is 11.4. The summed E-state index contributed by atoms with van der Waals surface area (Å²) in [5.41, 5.74) is 5.69. The molecule has 1 atom stereocenters. The lowest BCUT2D eigenvalue weighted by atomic mass is 9.96. The van der Waals surface area contributed by atoms with Crippen molar-refractivity contribution in [3.63, 3.8) is 0 Å². The highest BCUT2D eigenvalue weighted by molar-refractivity contribution is 5.28. The van der Waals surface area contributed by atoms with Crippen LogP contribution in [0, 0.1) is 18.6 Å². The molecule has 0 aromatic heterocycles. The predicted octanol–water partition coefficient (Wildman–Crippen LogP) is 2.89. The summed E-state index contributed by atoms with van der Waals surface area (Å²) >= 11 is 0. The Morgan fingerprint density at radius 3 is 2.30 bits per heavy atom. The van der Waals surface area contributed by atoms with Gasteiger partial charge in [0.2, 0.25) is 0 Å². The molecule has 0 aliphatic rings. The Hall–Kier alpha value is -1.78. The SMILES string of the molecule is Cc1ccc(F)cc1CC(Cc1ccc(F)cc1)NN. The molecule has 0 aliphatic carbocycles. The van der Waals surface area contributed by atoms with Crippen LogP contribution in [-0.4, -0.2) is 6.04 Å². The quantitative estimate of drug-likeness (QED) is 0.651. The van der Waals surface area contributed by atoms with Gasteiger partial charge in [0.1, 0.15) is 11.6 Å². The van der Waals surface area contributed by atoms with Crippen molar-refractivity contribution in [1.82, 2.24) is 5.43 Å². The standard InChI is InChI=1S/C16H18F2N2/c1-11-2-5-15(18)9-13(11)10-16(20-19)8-12-3-6-14(17)7-4-12/h2-7,9,16,20H,8,10,19H2,1H3. The van der Waals surface area contributed by atoms with Crippen LogP contribution in [0.25, 0.3) is 0 Å². The van der Waals surface area contributed by atoms with E-state index in [-0.39, 0.29) is 17.7 Å². The molecule has 0 bridgehead atoms. The average molecular weight is 276 g/mol. The number of benzene rings is 2. The minimum absolute atomic E-state index is 0.0269. The van der Waals surface area contributed by atoms with E-state index in [1.54, 1.807) is 18.2 Å². The summed E-state index contributed by atoms with van der Waals surface area (Å²) in [6, 6.07) is 11.0. The van der Waals surface area contributed by atoms with E-state index in [0.29, 0.717) is 12.8 Å². The Balaban J connectivity index is 2.08. The van der Waals surface area contributed by atoms with Gasteiger partial charge in [-0.3, -0.25) is 11.3 Å². The molecule has 0 radical (unpaired) electrons. The van der Waals surface area contributed by atoms with Crippen LogP contribution >= 0.6 is 0 Å². The van der Waals surface area contributed by atoms with Crippen LogP contribution in [0.5, 0.6) is 0 Å². The lowest BCUT2D eigenvalue weighted by molar-refractivity contribution is 0.519. The van der Waals surface area contributed by atoms with Gasteiger partial charge in [0.25, 0.3) is 0 Å². The molecule has 1 unspecified atom stereocenters. The molecule has 2 aromatic rings. The normalized spacial score (nSPS) is 12.4. The number of hydrogen-bond acceptors (Lipinski definition) is 2. The van der Waals surface area contributed by atoms with Gasteiger partial charge >= 0.3 is 0 Å². The lowest BCUT2D eigenvalue weighted by Gasteiger charge is -2.17. The van der Waals surface area contributed by atoms with Gasteiger partial charge in [-0.2, -0.15) is 0 Å². The maximum absolute atomic E-state index is 13.3. The Morgan fingerprint density at radius 1 is 1.00 bits per heavy atom. The van der Waals surface area contributed by atoms with E-state index in [0.717, 1.165) is 16.7 Å². The second kappa shape index (κ2) is 6.59. The Labute approximate surface area is 117 Å². The zero-order valence-electron chi connectivity index (χ0n) is 11.4. The first-order valence-electron chi connectivity index (χ1n) is 6.54. The van der Waals surface area contributed by atoms with Crippen molar-refractivity contribution in [2.45, 2.75) is 25.8 Å². The zero-order chi connectivity index (χ0) is 14.5. The van der Waals surface area contributed by atoms with E-state index < -0.39 is 0 Å². The first-order chi connectivity index (χ1) is 9.58. The molecule has 0 heterocycles. The Kier molecular flexibility index (Phi) is 4.82. The molecule has 106 valence electrons.